The summed E-state index contributed by atoms with van der Waals surface area (Å²) in [4.78, 5) is 16.6. The van der Waals surface area contributed by atoms with Gasteiger partial charge < -0.3 is 14.6 Å². The zero-order valence-electron chi connectivity index (χ0n) is 20.5. The van der Waals surface area contributed by atoms with Gasteiger partial charge in [-0.25, -0.2) is 9.18 Å². The van der Waals surface area contributed by atoms with E-state index in [0.29, 0.717) is 12.2 Å². The van der Waals surface area contributed by atoms with Crippen LogP contribution in [-0.2, 0) is 9.53 Å². The molecular formula is C29H30FNO4. The summed E-state index contributed by atoms with van der Waals surface area (Å²) in [6.07, 6.45) is 3.15. The molecule has 3 aromatic carbocycles. The van der Waals surface area contributed by atoms with Gasteiger partial charge in [0.15, 0.2) is 6.10 Å². The van der Waals surface area contributed by atoms with Crippen molar-refractivity contribution in [2.75, 3.05) is 20.3 Å². The van der Waals surface area contributed by atoms with Crippen LogP contribution >= 0.6 is 0 Å². The van der Waals surface area contributed by atoms with Crippen molar-refractivity contribution in [3.8, 4) is 16.9 Å². The van der Waals surface area contributed by atoms with Crippen LogP contribution in [0.3, 0.4) is 0 Å². The van der Waals surface area contributed by atoms with Gasteiger partial charge in [0.1, 0.15) is 12.4 Å². The van der Waals surface area contributed by atoms with Crippen molar-refractivity contribution in [3.05, 3.63) is 71.3 Å². The van der Waals surface area contributed by atoms with E-state index in [-0.39, 0.29) is 0 Å². The van der Waals surface area contributed by atoms with Crippen molar-refractivity contribution in [3.63, 3.8) is 0 Å². The molecule has 0 saturated heterocycles. The number of allylic oxidation sites excluding steroid dienone is 1. The van der Waals surface area contributed by atoms with Gasteiger partial charge in [-0.05, 0) is 72.0 Å². The van der Waals surface area contributed by atoms with E-state index >= 15 is 0 Å². The number of carbonyl (C=O) groups is 1. The Bertz CT molecular complexity index is 1330. The first kappa shape index (κ1) is 24.6. The Kier molecular flexibility index (Phi) is 7.03. The van der Waals surface area contributed by atoms with E-state index < -0.39 is 24.3 Å². The van der Waals surface area contributed by atoms with Crippen LogP contribution < -0.4 is 4.74 Å². The molecular weight excluding hydrogens is 445 g/mol. The first-order valence-corrected chi connectivity index (χ1v) is 11.6. The van der Waals surface area contributed by atoms with Gasteiger partial charge in [0.25, 0.3) is 0 Å². The maximum Gasteiger partial charge on any atom is 0.337 e. The molecule has 0 spiro atoms. The van der Waals surface area contributed by atoms with Crippen LogP contribution in [0.1, 0.15) is 43.1 Å². The summed E-state index contributed by atoms with van der Waals surface area (Å²) in [5.41, 5.74) is 3.69. The number of nitrogens with zero attached hydrogens (tertiary/aromatic N) is 1. The molecule has 3 aromatic rings. The Morgan fingerprint density at radius 3 is 2.74 bits per heavy atom. The average Bonchev–Trinajstić information content (AvgIpc) is 2.85. The topological polar surface area (TPSA) is 68.1 Å². The van der Waals surface area contributed by atoms with Gasteiger partial charge >= 0.3 is 5.97 Å². The minimum absolute atomic E-state index is 0.523. The molecule has 0 fully saturated rings. The summed E-state index contributed by atoms with van der Waals surface area (Å²) in [6, 6.07) is 15.7. The third-order valence-corrected chi connectivity index (χ3v) is 6.21. The van der Waals surface area contributed by atoms with Crippen LogP contribution in [-0.4, -0.2) is 43.2 Å². The lowest BCUT2D eigenvalue weighted by molar-refractivity contribution is -0.163. The van der Waals surface area contributed by atoms with E-state index in [9.17, 15) is 14.3 Å². The number of rotatable bonds is 7. The SMILES string of the molecule is C/N=C\C=C1\CCOc2ccc(-c3c([C@H](OC(C)(C)CF)C(=O)O)c(C)cc4ccccc34)cc21. The first-order chi connectivity index (χ1) is 16.8. The number of aliphatic imine (C=N–C) groups is 1. The number of ether oxygens (including phenoxy) is 2. The number of hydrogen-bond donors (Lipinski definition) is 1. The van der Waals surface area contributed by atoms with Gasteiger partial charge in [-0.1, -0.05) is 36.4 Å². The highest BCUT2D eigenvalue weighted by atomic mass is 19.1. The summed E-state index contributed by atoms with van der Waals surface area (Å²) in [5.74, 6) is -0.383. The fourth-order valence-electron chi connectivity index (χ4n) is 4.54. The zero-order valence-corrected chi connectivity index (χ0v) is 20.5. The Balaban J connectivity index is 2.01. The number of hydrogen-bond acceptors (Lipinski definition) is 4. The van der Waals surface area contributed by atoms with E-state index in [4.69, 9.17) is 9.47 Å². The Morgan fingerprint density at radius 1 is 1.26 bits per heavy atom. The van der Waals surface area contributed by atoms with Crippen LogP contribution in [0.25, 0.3) is 27.5 Å². The summed E-state index contributed by atoms with van der Waals surface area (Å²) < 4.78 is 25.4. The second-order valence-corrected chi connectivity index (χ2v) is 9.34. The molecule has 4 rings (SSSR count). The number of carboxylic acids is 1. The second kappa shape index (κ2) is 10.0. The number of aryl methyl sites for hydroxylation is 1. The van der Waals surface area contributed by atoms with Crippen LogP contribution in [0, 0.1) is 6.92 Å². The van der Waals surface area contributed by atoms with Crippen molar-refractivity contribution in [1.29, 1.82) is 0 Å². The highest BCUT2D eigenvalue weighted by Gasteiger charge is 2.33. The largest absolute Gasteiger partial charge is 0.493 e. The van der Waals surface area contributed by atoms with E-state index in [1.54, 1.807) is 27.1 Å². The lowest BCUT2D eigenvalue weighted by Gasteiger charge is -2.29. The quantitative estimate of drug-likeness (QED) is 0.392. The predicted molar refractivity (Wildman–Crippen MR) is 138 cm³/mol. The molecule has 1 aliphatic rings. The molecule has 0 unspecified atom stereocenters. The smallest absolute Gasteiger partial charge is 0.337 e. The number of benzene rings is 3. The van der Waals surface area contributed by atoms with Crippen molar-refractivity contribution < 1.29 is 23.8 Å². The van der Waals surface area contributed by atoms with E-state index in [1.165, 1.54) is 0 Å². The molecule has 0 aromatic heterocycles. The van der Waals surface area contributed by atoms with E-state index in [0.717, 1.165) is 50.8 Å². The number of halogens is 1. The van der Waals surface area contributed by atoms with Gasteiger partial charge in [0.2, 0.25) is 0 Å². The molecule has 0 aliphatic carbocycles. The minimum Gasteiger partial charge on any atom is -0.493 e. The summed E-state index contributed by atoms with van der Waals surface area (Å²) >= 11 is 0. The molecule has 1 aliphatic heterocycles. The zero-order chi connectivity index (χ0) is 25.2. The maximum atomic E-state index is 13.7. The lowest BCUT2D eigenvalue weighted by Crippen LogP contribution is -2.33. The minimum atomic E-state index is -1.34. The number of aliphatic carboxylic acids is 1. The molecule has 1 heterocycles. The third kappa shape index (κ3) is 4.98. The lowest BCUT2D eigenvalue weighted by atomic mass is 9.85. The third-order valence-electron chi connectivity index (χ3n) is 6.21. The molecule has 0 amide bonds. The van der Waals surface area contributed by atoms with E-state index in [2.05, 4.69) is 4.99 Å². The van der Waals surface area contributed by atoms with Crippen molar-refractivity contribution in [1.82, 2.24) is 0 Å². The van der Waals surface area contributed by atoms with Gasteiger partial charge in [-0.2, -0.15) is 0 Å². The molecule has 1 atom stereocenters. The van der Waals surface area contributed by atoms with Crippen LogP contribution in [0.15, 0.2) is 59.6 Å². The molecule has 1 N–H and O–H groups in total. The molecule has 6 heteroatoms. The summed E-state index contributed by atoms with van der Waals surface area (Å²) in [6.45, 7) is 4.77. The van der Waals surface area contributed by atoms with Gasteiger partial charge in [-0.15, -0.1) is 0 Å². The summed E-state index contributed by atoms with van der Waals surface area (Å²) in [5, 5.41) is 12.1. The molecule has 0 radical (unpaired) electrons. The van der Waals surface area contributed by atoms with Crippen LogP contribution in [0.2, 0.25) is 0 Å². The standard InChI is InChI=1S/C29H30FNO4/c1-18-15-20-7-5-6-8-22(20)26(25(18)27(28(32)33)35-29(2,3)17-30)21-9-10-24-23(16-21)19(11-13-31-4)12-14-34-24/h5-11,13,15-16,27H,12,14,17H2,1-4H3,(H,32,33)/b19-11-,31-13-/t27-/m0/s1. The fourth-order valence-corrected chi connectivity index (χ4v) is 4.54. The van der Waals surface area contributed by atoms with Gasteiger partial charge in [0.05, 0.1) is 12.2 Å². The average molecular weight is 476 g/mol. The highest BCUT2D eigenvalue weighted by Crippen LogP contribution is 2.43. The Labute approximate surface area is 204 Å². The highest BCUT2D eigenvalue weighted by molar-refractivity contribution is 6.01. The van der Waals surface area contributed by atoms with Gasteiger partial charge in [-0.3, -0.25) is 4.99 Å². The molecule has 0 saturated carbocycles. The number of fused-ring (bicyclic) bond motifs is 2. The number of carboxylic acid groups (broad SMARTS) is 1. The molecule has 35 heavy (non-hydrogen) atoms. The fraction of sp³-hybridized carbons (Fsp3) is 0.310. The van der Waals surface area contributed by atoms with Crippen molar-refractivity contribution in [2.24, 2.45) is 4.99 Å². The van der Waals surface area contributed by atoms with Crippen LogP contribution in [0.4, 0.5) is 4.39 Å². The maximum absolute atomic E-state index is 13.7. The Hall–Kier alpha value is -3.51. The molecule has 5 nitrogen and oxygen atoms in total. The monoisotopic (exact) mass is 475 g/mol. The molecule has 182 valence electrons. The van der Waals surface area contributed by atoms with Crippen LogP contribution in [0.5, 0.6) is 5.75 Å². The predicted octanol–water partition coefficient (Wildman–Crippen LogP) is 6.57. The summed E-state index contributed by atoms with van der Waals surface area (Å²) in [7, 11) is 1.73. The van der Waals surface area contributed by atoms with Crippen molar-refractivity contribution in [2.45, 2.75) is 38.9 Å². The van der Waals surface area contributed by atoms with Crippen molar-refractivity contribution >= 4 is 28.5 Å². The molecule has 0 bridgehead atoms. The van der Waals surface area contributed by atoms with Gasteiger partial charge in [0, 0.05) is 30.8 Å². The number of alkyl halides is 1. The van der Waals surface area contributed by atoms with E-state index in [1.807, 2.05) is 61.5 Å². The first-order valence-electron chi connectivity index (χ1n) is 11.6. The normalized spacial score (nSPS) is 15.9. The second-order valence-electron chi connectivity index (χ2n) is 9.34. The Morgan fingerprint density at radius 2 is 2.03 bits per heavy atom.